The number of anilines is 1. The Morgan fingerprint density at radius 3 is 2.39 bits per heavy atom. The molecule has 8 heteroatoms. The van der Waals surface area contributed by atoms with Gasteiger partial charge in [0, 0.05) is 17.8 Å². The molecule has 2 aromatic carbocycles. The van der Waals surface area contributed by atoms with Gasteiger partial charge in [0.2, 0.25) is 5.91 Å². The van der Waals surface area contributed by atoms with E-state index in [0.717, 1.165) is 24.9 Å². The number of unbranched alkanes of at least 4 members (excludes halogenated alkanes) is 1. The fourth-order valence-electron chi connectivity index (χ4n) is 3.00. The van der Waals surface area contributed by atoms with Crippen LogP contribution in [0.2, 0.25) is 0 Å². The van der Waals surface area contributed by atoms with Crippen LogP contribution in [0.5, 0.6) is 0 Å². The maximum absolute atomic E-state index is 12.5. The van der Waals surface area contributed by atoms with Crippen LogP contribution >= 0.6 is 0 Å². The summed E-state index contributed by atoms with van der Waals surface area (Å²) in [7, 11) is 0.323. The van der Waals surface area contributed by atoms with Gasteiger partial charge in [-0.1, -0.05) is 29.8 Å². The van der Waals surface area contributed by atoms with Crippen LogP contribution in [0, 0.1) is 6.92 Å². The van der Waals surface area contributed by atoms with Crippen LogP contribution in [-0.2, 0) is 20.4 Å². The molecule has 0 aliphatic rings. The largest absolute Gasteiger partial charge is 0.352 e. The molecule has 0 atom stereocenters. The molecular weight excluding hydrogens is 414 g/mol. The normalized spacial score (nSPS) is 11.4. The van der Waals surface area contributed by atoms with Crippen molar-refractivity contribution in [3.63, 3.8) is 0 Å². The second kappa shape index (κ2) is 11.6. The van der Waals surface area contributed by atoms with E-state index in [1.165, 1.54) is 0 Å². The van der Waals surface area contributed by atoms with Crippen molar-refractivity contribution in [3.8, 4) is 0 Å². The minimum atomic E-state index is -3.69. The smallest absolute Gasteiger partial charge is 0.251 e. The number of hydrogen-bond acceptors (Lipinski definition) is 5. The number of carbonyl (C=O) groups is 2. The van der Waals surface area contributed by atoms with E-state index in [9.17, 15) is 18.0 Å². The number of aryl methyl sites for hydroxylation is 1. The van der Waals surface area contributed by atoms with Crippen LogP contribution in [0.25, 0.3) is 0 Å². The number of amides is 2. The topological polar surface area (TPSA) is 95.6 Å². The van der Waals surface area contributed by atoms with Crippen molar-refractivity contribution in [1.29, 1.82) is 0 Å². The molecule has 31 heavy (non-hydrogen) atoms. The Kier molecular flexibility index (Phi) is 9.21. The molecule has 0 saturated heterocycles. The molecule has 0 radical (unpaired) electrons. The molecule has 2 aromatic rings. The summed E-state index contributed by atoms with van der Waals surface area (Å²) in [5, 5.41) is 5.45. The van der Waals surface area contributed by atoms with Crippen LogP contribution in [0.3, 0.4) is 0 Å². The quantitative estimate of drug-likeness (QED) is 0.519. The van der Waals surface area contributed by atoms with E-state index in [1.807, 2.05) is 33.2 Å². The third-order valence-electron chi connectivity index (χ3n) is 4.58. The van der Waals surface area contributed by atoms with Crippen molar-refractivity contribution < 1.29 is 18.0 Å². The van der Waals surface area contributed by atoms with Crippen molar-refractivity contribution in [3.05, 3.63) is 65.2 Å². The maximum Gasteiger partial charge on any atom is 0.251 e. The maximum atomic E-state index is 12.5. The predicted octanol–water partition coefficient (Wildman–Crippen LogP) is 2.62. The van der Waals surface area contributed by atoms with Crippen LogP contribution < -0.4 is 10.6 Å². The second-order valence-electron chi connectivity index (χ2n) is 7.91. The summed E-state index contributed by atoms with van der Waals surface area (Å²) in [4.78, 5) is 26.6. The van der Waals surface area contributed by atoms with Gasteiger partial charge in [0.15, 0.2) is 9.84 Å². The molecule has 0 unspecified atom stereocenters. The SMILES string of the molecule is Cc1ccc(NC(=O)CS(=O)(=O)Cc2cccc(C(=O)NCCCCN(C)C)c2)cc1. The third-order valence-corrected chi connectivity index (χ3v) is 6.05. The Morgan fingerprint density at radius 1 is 1.00 bits per heavy atom. The van der Waals surface area contributed by atoms with Gasteiger partial charge in [0.05, 0.1) is 5.75 Å². The lowest BCUT2D eigenvalue weighted by molar-refractivity contribution is -0.113. The van der Waals surface area contributed by atoms with E-state index in [-0.39, 0.29) is 11.7 Å². The Hall–Kier alpha value is -2.71. The van der Waals surface area contributed by atoms with Crippen molar-refractivity contribution in [2.45, 2.75) is 25.5 Å². The first-order chi connectivity index (χ1) is 14.6. The zero-order valence-corrected chi connectivity index (χ0v) is 19.2. The molecule has 7 nitrogen and oxygen atoms in total. The minimum absolute atomic E-state index is 0.235. The molecule has 168 valence electrons. The average molecular weight is 446 g/mol. The lowest BCUT2D eigenvalue weighted by Gasteiger charge is -2.10. The monoisotopic (exact) mass is 445 g/mol. The predicted molar refractivity (Wildman–Crippen MR) is 124 cm³/mol. The number of nitrogens with one attached hydrogen (secondary N) is 2. The van der Waals surface area contributed by atoms with Gasteiger partial charge in [-0.2, -0.15) is 0 Å². The van der Waals surface area contributed by atoms with Gasteiger partial charge in [0.25, 0.3) is 5.91 Å². The van der Waals surface area contributed by atoms with Crippen molar-refractivity contribution in [2.75, 3.05) is 38.3 Å². The highest BCUT2D eigenvalue weighted by Crippen LogP contribution is 2.12. The minimum Gasteiger partial charge on any atom is -0.352 e. The molecule has 2 rings (SSSR count). The van der Waals surface area contributed by atoms with Crippen molar-refractivity contribution in [2.24, 2.45) is 0 Å². The first-order valence-corrected chi connectivity index (χ1v) is 12.1. The molecule has 0 spiro atoms. The summed E-state index contributed by atoms with van der Waals surface area (Å²) < 4.78 is 24.9. The highest BCUT2D eigenvalue weighted by Gasteiger charge is 2.18. The summed E-state index contributed by atoms with van der Waals surface area (Å²) in [6.45, 7) is 3.45. The van der Waals surface area contributed by atoms with Crippen molar-refractivity contribution in [1.82, 2.24) is 10.2 Å². The lowest BCUT2D eigenvalue weighted by Crippen LogP contribution is -2.26. The summed E-state index contributed by atoms with van der Waals surface area (Å²) in [6.07, 6.45) is 1.85. The Balaban J connectivity index is 1.89. The Bertz CT molecular complexity index is 986. The summed E-state index contributed by atoms with van der Waals surface area (Å²) >= 11 is 0. The van der Waals surface area contributed by atoms with Crippen LogP contribution in [0.4, 0.5) is 5.69 Å². The molecule has 0 aromatic heterocycles. The van der Waals surface area contributed by atoms with Gasteiger partial charge in [-0.3, -0.25) is 9.59 Å². The van der Waals surface area contributed by atoms with E-state index in [4.69, 9.17) is 0 Å². The van der Waals surface area contributed by atoms with E-state index < -0.39 is 21.5 Å². The van der Waals surface area contributed by atoms with E-state index in [1.54, 1.807) is 36.4 Å². The van der Waals surface area contributed by atoms with Crippen LogP contribution in [0.1, 0.15) is 34.3 Å². The zero-order chi connectivity index (χ0) is 22.9. The van der Waals surface area contributed by atoms with Crippen LogP contribution in [-0.4, -0.2) is 58.1 Å². The molecule has 0 aliphatic heterocycles. The Morgan fingerprint density at radius 2 is 1.71 bits per heavy atom. The van der Waals surface area contributed by atoms with Crippen molar-refractivity contribution >= 4 is 27.3 Å². The lowest BCUT2D eigenvalue weighted by atomic mass is 10.1. The van der Waals surface area contributed by atoms with Gasteiger partial charge < -0.3 is 15.5 Å². The Labute approximate surface area is 184 Å². The highest BCUT2D eigenvalue weighted by atomic mass is 32.2. The third kappa shape index (κ3) is 9.31. The zero-order valence-electron chi connectivity index (χ0n) is 18.3. The first kappa shape index (κ1) is 24.6. The van der Waals surface area contributed by atoms with E-state index in [0.29, 0.717) is 23.4 Å². The second-order valence-corrected chi connectivity index (χ2v) is 9.98. The van der Waals surface area contributed by atoms with Gasteiger partial charge >= 0.3 is 0 Å². The molecular formula is C23H31N3O4S. The number of carbonyl (C=O) groups excluding carboxylic acids is 2. The summed E-state index contributed by atoms with van der Waals surface area (Å²) in [5.41, 5.74) is 2.48. The molecule has 0 aliphatic carbocycles. The van der Waals surface area contributed by atoms with Gasteiger partial charge in [-0.05, 0) is 70.2 Å². The number of hydrogen-bond donors (Lipinski definition) is 2. The van der Waals surface area contributed by atoms with E-state index in [2.05, 4.69) is 15.5 Å². The number of sulfone groups is 1. The molecule has 2 N–H and O–H groups in total. The molecule has 0 fully saturated rings. The standard InChI is InChI=1S/C23H31N3O4S/c1-18-9-11-21(12-10-18)25-22(27)17-31(29,30)16-19-7-6-8-20(15-19)23(28)24-13-4-5-14-26(2)3/h6-12,15H,4-5,13-14,16-17H2,1-3H3,(H,24,28)(H,25,27). The fraction of sp³-hybridized carbons (Fsp3) is 0.391. The van der Waals surface area contributed by atoms with E-state index >= 15 is 0 Å². The van der Waals surface area contributed by atoms with Crippen LogP contribution in [0.15, 0.2) is 48.5 Å². The summed E-state index contributed by atoms with van der Waals surface area (Å²) in [5.74, 6) is -1.75. The van der Waals surface area contributed by atoms with Gasteiger partial charge in [-0.15, -0.1) is 0 Å². The van der Waals surface area contributed by atoms with Gasteiger partial charge in [-0.25, -0.2) is 8.42 Å². The fourth-order valence-corrected chi connectivity index (χ4v) is 4.26. The average Bonchev–Trinajstić information content (AvgIpc) is 2.68. The first-order valence-electron chi connectivity index (χ1n) is 10.2. The molecule has 2 amide bonds. The number of nitrogens with zero attached hydrogens (tertiary/aromatic N) is 1. The molecule has 0 saturated carbocycles. The highest BCUT2D eigenvalue weighted by molar-refractivity contribution is 7.91. The molecule has 0 heterocycles. The number of rotatable bonds is 11. The van der Waals surface area contributed by atoms with Gasteiger partial charge in [0.1, 0.15) is 5.75 Å². The molecule has 0 bridgehead atoms. The summed E-state index contributed by atoms with van der Waals surface area (Å²) in [6, 6.07) is 13.6. The number of benzene rings is 2.